The van der Waals surface area contributed by atoms with Crippen LogP contribution >= 0.6 is 0 Å². The number of fused-ring (bicyclic) bond motifs is 3. The third kappa shape index (κ3) is 3.26. The first-order valence-corrected chi connectivity index (χ1v) is 9.04. The third-order valence-corrected chi connectivity index (χ3v) is 5.08. The number of carbonyl (C=O) groups excluding carboxylic acids is 1. The molecule has 1 aliphatic carbocycles. The van der Waals surface area contributed by atoms with E-state index in [0.717, 1.165) is 0 Å². The van der Waals surface area contributed by atoms with Crippen molar-refractivity contribution >= 4 is 6.09 Å². The Kier molecular flexibility index (Phi) is 4.55. The van der Waals surface area contributed by atoms with E-state index in [0.29, 0.717) is 5.56 Å². The number of para-hydroxylation sites is 1. The largest absolute Gasteiger partial charge is 0.508 e. The second-order valence-electron chi connectivity index (χ2n) is 6.75. The van der Waals surface area contributed by atoms with Crippen molar-refractivity contribution in [1.82, 2.24) is 5.32 Å². The molecule has 0 aliphatic heterocycles. The lowest BCUT2D eigenvalue weighted by atomic mass is 9.98. The molecule has 3 aromatic carbocycles. The molecule has 136 valence electrons. The lowest BCUT2D eigenvalue weighted by molar-refractivity contribution is 0.139. The van der Waals surface area contributed by atoms with Gasteiger partial charge >= 0.3 is 6.09 Å². The molecule has 0 unspecified atom stereocenters. The van der Waals surface area contributed by atoms with Gasteiger partial charge in [0.25, 0.3) is 0 Å². The number of benzene rings is 3. The monoisotopic (exact) mass is 359 g/mol. The van der Waals surface area contributed by atoms with E-state index in [1.54, 1.807) is 18.2 Å². The van der Waals surface area contributed by atoms with Gasteiger partial charge in [-0.15, -0.1) is 0 Å². The zero-order valence-electron chi connectivity index (χ0n) is 15.1. The van der Waals surface area contributed by atoms with Gasteiger partial charge in [0, 0.05) is 11.5 Å². The molecule has 0 spiro atoms. The number of amides is 1. The first-order valence-electron chi connectivity index (χ1n) is 9.04. The number of phenolic OH excluding ortho intramolecular Hbond substituents is 1. The highest BCUT2D eigenvalue weighted by atomic mass is 16.5. The maximum absolute atomic E-state index is 12.3. The Hall–Kier alpha value is -3.27. The summed E-state index contributed by atoms with van der Waals surface area (Å²) in [6.07, 6.45) is -0.493. The van der Waals surface area contributed by atoms with Crippen LogP contribution in [0.25, 0.3) is 11.1 Å². The molecule has 0 fully saturated rings. The second-order valence-corrected chi connectivity index (χ2v) is 6.75. The summed E-state index contributed by atoms with van der Waals surface area (Å²) in [6.45, 7) is 2.09. The van der Waals surface area contributed by atoms with Crippen LogP contribution in [0.15, 0.2) is 72.8 Å². The Balaban J connectivity index is 1.46. The first kappa shape index (κ1) is 17.2. The van der Waals surface area contributed by atoms with Crippen molar-refractivity contribution in [3.63, 3.8) is 0 Å². The van der Waals surface area contributed by atoms with Gasteiger partial charge in [0.1, 0.15) is 12.4 Å². The molecule has 0 bridgehead atoms. The summed E-state index contributed by atoms with van der Waals surface area (Å²) >= 11 is 0. The Morgan fingerprint density at radius 3 is 2.15 bits per heavy atom. The lowest BCUT2D eigenvalue weighted by Gasteiger charge is -2.18. The summed E-state index contributed by atoms with van der Waals surface area (Å²) in [5, 5.41) is 12.7. The van der Waals surface area contributed by atoms with Gasteiger partial charge in [-0.25, -0.2) is 4.79 Å². The second kappa shape index (κ2) is 7.16. The van der Waals surface area contributed by atoms with Crippen LogP contribution in [0.1, 0.15) is 35.6 Å². The van der Waals surface area contributed by atoms with Crippen LogP contribution in [0.3, 0.4) is 0 Å². The minimum absolute atomic E-state index is 0.0311. The fraction of sp³-hybridized carbons (Fsp3) is 0.174. The first-order chi connectivity index (χ1) is 13.1. The van der Waals surface area contributed by atoms with Crippen molar-refractivity contribution in [2.24, 2.45) is 0 Å². The number of aromatic hydroxyl groups is 1. The lowest BCUT2D eigenvalue weighted by Crippen LogP contribution is -2.28. The normalized spacial score (nSPS) is 13.5. The molecule has 0 aromatic heterocycles. The van der Waals surface area contributed by atoms with Crippen LogP contribution in [0.4, 0.5) is 4.79 Å². The van der Waals surface area contributed by atoms with Crippen molar-refractivity contribution < 1.29 is 14.6 Å². The number of alkyl carbamates (subject to hydrolysis) is 1. The van der Waals surface area contributed by atoms with Crippen LogP contribution in [-0.2, 0) is 4.74 Å². The third-order valence-electron chi connectivity index (χ3n) is 5.08. The van der Waals surface area contributed by atoms with E-state index < -0.39 is 6.09 Å². The molecule has 2 N–H and O–H groups in total. The molecule has 1 atom stereocenters. The molecule has 4 rings (SSSR count). The van der Waals surface area contributed by atoms with Gasteiger partial charge in [-0.2, -0.15) is 0 Å². The van der Waals surface area contributed by atoms with Crippen LogP contribution in [0.2, 0.25) is 0 Å². The van der Waals surface area contributed by atoms with Gasteiger partial charge < -0.3 is 15.2 Å². The van der Waals surface area contributed by atoms with Gasteiger partial charge in [-0.3, -0.25) is 0 Å². The number of ether oxygens (including phenoxy) is 1. The van der Waals surface area contributed by atoms with E-state index >= 15 is 0 Å². The summed E-state index contributed by atoms with van der Waals surface area (Å²) < 4.78 is 5.54. The van der Waals surface area contributed by atoms with Crippen LogP contribution < -0.4 is 5.32 Å². The predicted molar refractivity (Wildman–Crippen MR) is 105 cm³/mol. The molecule has 3 aromatic rings. The van der Waals surface area contributed by atoms with Crippen LogP contribution in [0.5, 0.6) is 5.75 Å². The Bertz CT molecular complexity index is 937. The molecule has 0 saturated heterocycles. The van der Waals surface area contributed by atoms with Crippen molar-refractivity contribution in [3.05, 3.63) is 89.5 Å². The van der Waals surface area contributed by atoms with Gasteiger partial charge in [0.2, 0.25) is 0 Å². The number of rotatable bonds is 4. The summed E-state index contributed by atoms with van der Waals surface area (Å²) in [5.41, 5.74) is 5.42. The van der Waals surface area contributed by atoms with E-state index in [1.165, 1.54) is 22.3 Å². The molecule has 0 heterocycles. The minimum atomic E-state index is -0.493. The standard InChI is InChI=1S/C23H21NO3/c1-15(16-8-6-7-13-22(16)25)24-23(26)27-14-21-19-11-4-2-9-17(19)18-10-3-5-12-20(18)21/h2-13,15,21,25H,14H2,1H3,(H,24,26)/t15-/m1/s1. The molecule has 4 heteroatoms. The summed E-state index contributed by atoms with van der Waals surface area (Å²) in [7, 11) is 0. The summed E-state index contributed by atoms with van der Waals surface area (Å²) in [6, 6.07) is 23.1. The van der Waals surface area contributed by atoms with E-state index in [2.05, 4.69) is 29.6 Å². The highest BCUT2D eigenvalue weighted by molar-refractivity contribution is 5.79. The molecule has 27 heavy (non-hydrogen) atoms. The summed E-state index contributed by atoms with van der Waals surface area (Å²) in [4.78, 5) is 12.3. The summed E-state index contributed by atoms with van der Waals surface area (Å²) in [5.74, 6) is 0.188. The smallest absolute Gasteiger partial charge is 0.407 e. The number of nitrogens with one attached hydrogen (secondary N) is 1. The fourth-order valence-corrected chi connectivity index (χ4v) is 3.75. The van der Waals surface area contributed by atoms with Crippen molar-refractivity contribution in [1.29, 1.82) is 0 Å². The maximum atomic E-state index is 12.3. The van der Waals surface area contributed by atoms with Gasteiger partial charge in [0.05, 0.1) is 6.04 Å². The quantitative estimate of drug-likeness (QED) is 0.690. The van der Waals surface area contributed by atoms with E-state index in [9.17, 15) is 9.90 Å². The number of hydrogen-bond acceptors (Lipinski definition) is 3. The average molecular weight is 359 g/mol. The van der Waals surface area contributed by atoms with E-state index in [4.69, 9.17) is 4.74 Å². The number of phenols is 1. The Morgan fingerprint density at radius 2 is 1.52 bits per heavy atom. The Labute approximate surface area is 158 Å². The molecule has 0 saturated carbocycles. The molecule has 1 amide bonds. The van der Waals surface area contributed by atoms with Gasteiger partial charge in [0.15, 0.2) is 0 Å². The number of carbonyl (C=O) groups is 1. The zero-order chi connectivity index (χ0) is 18.8. The van der Waals surface area contributed by atoms with E-state index in [1.807, 2.05) is 37.3 Å². The average Bonchev–Trinajstić information content (AvgIpc) is 3.00. The molecule has 1 aliphatic rings. The highest BCUT2D eigenvalue weighted by Gasteiger charge is 2.29. The molecular weight excluding hydrogens is 338 g/mol. The SMILES string of the molecule is C[C@@H](NC(=O)OCC1c2ccccc2-c2ccccc21)c1ccccc1O. The van der Waals surface area contributed by atoms with Crippen LogP contribution in [0, 0.1) is 0 Å². The molecule has 4 nitrogen and oxygen atoms in total. The Morgan fingerprint density at radius 1 is 0.963 bits per heavy atom. The van der Waals surface area contributed by atoms with Crippen LogP contribution in [-0.4, -0.2) is 17.8 Å². The molecule has 0 radical (unpaired) electrons. The zero-order valence-corrected chi connectivity index (χ0v) is 15.1. The van der Waals surface area contributed by atoms with E-state index in [-0.39, 0.29) is 24.3 Å². The van der Waals surface area contributed by atoms with Gasteiger partial charge in [-0.1, -0.05) is 66.7 Å². The number of hydrogen-bond donors (Lipinski definition) is 2. The van der Waals surface area contributed by atoms with Crippen molar-refractivity contribution in [3.8, 4) is 16.9 Å². The topological polar surface area (TPSA) is 58.6 Å². The minimum Gasteiger partial charge on any atom is -0.508 e. The van der Waals surface area contributed by atoms with Gasteiger partial charge in [-0.05, 0) is 35.2 Å². The van der Waals surface area contributed by atoms with Crippen molar-refractivity contribution in [2.45, 2.75) is 18.9 Å². The predicted octanol–water partition coefficient (Wildman–Crippen LogP) is 4.99. The fourth-order valence-electron chi connectivity index (χ4n) is 3.75. The maximum Gasteiger partial charge on any atom is 0.407 e. The van der Waals surface area contributed by atoms with Crippen molar-refractivity contribution in [2.75, 3.05) is 6.61 Å². The highest BCUT2D eigenvalue weighted by Crippen LogP contribution is 2.44. The molecular formula is C23H21NO3.